The predicted octanol–water partition coefficient (Wildman–Crippen LogP) is 4.18. The van der Waals surface area contributed by atoms with Crippen molar-refractivity contribution in [2.75, 3.05) is 0 Å². The van der Waals surface area contributed by atoms with E-state index in [4.69, 9.17) is 4.74 Å². The molecule has 0 amide bonds. The molecule has 2 aliphatic rings. The van der Waals surface area contributed by atoms with E-state index in [0.29, 0.717) is 16.7 Å². The van der Waals surface area contributed by atoms with E-state index in [9.17, 15) is 4.79 Å². The lowest BCUT2D eigenvalue weighted by molar-refractivity contribution is -0.163. The first-order valence-corrected chi connectivity index (χ1v) is 7.35. The summed E-state index contributed by atoms with van der Waals surface area (Å²) >= 11 is 0. The minimum absolute atomic E-state index is 0.0121. The van der Waals surface area contributed by atoms with Crippen molar-refractivity contribution in [3.8, 4) is 0 Å². The average Bonchev–Trinajstić information content (AvgIpc) is 2.60. The molecule has 2 nitrogen and oxygen atoms in total. The summed E-state index contributed by atoms with van der Waals surface area (Å²) in [6, 6.07) is 0. The van der Waals surface area contributed by atoms with Crippen molar-refractivity contribution in [3.05, 3.63) is 0 Å². The van der Waals surface area contributed by atoms with Crippen LogP contribution in [-0.4, -0.2) is 12.1 Å². The first-order chi connectivity index (χ1) is 8.14. The van der Waals surface area contributed by atoms with Gasteiger partial charge in [0.2, 0.25) is 0 Å². The van der Waals surface area contributed by atoms with Gasteiger partial charge in [-0.25, -0.2) is 0 Å². The number of esters is 1. The van der Waals surface area contributed by atoms with Crippen molar-refractivity contribution in [2.45, 2.75) is 73.3 Å². The van der Waals surface area contributed by atoms with E-state index in [-0.39, 0.29) is 17.5 Å². The Morgan fingerprint density at radius 1 is 1.33 bits per heavy atom. The van der Waals surface area contributed by atoms with Crippen LogP contribution in [0.25, 0.3) is 0 Å². The molecule has 2 heteroatoms. The summed E-state index contributed by atoms with van der Waals surface area (Å²) in [5.74, 6) is 0.543. The molecule has 2 fully saturated rings. The van der Waals surface area contributed by atoms with E-state index < -0.39 is 0 Å². The van der Waals surface area contributed by atoms with Gasteiger partial charge in [-0.15, -0.1) is 0 Å². The third-order valence-electron chi connectivity index (χ3n) is 6.29. The molecule has 2 rings (SSSR count). The van der Waals surface area contributed by atoms with E-state index in [2.05, 4.69) is 20.8 Å². The maximum Gasteiger partial charge on any atom is 0.311 e. The Morgan fingerprint density at radius 2 is 1.94 bits per heavy atom. The molecule has 3 unspecified atom stereocenters. The van der Waals surface area contributed by atoms with Gasteiger partial charge in [-0.05, 0) is 50.4 Å². The third-order valence-corrected chi connectivity index (χ3v) is 6.29. The minimum Gasteiger partial charge on any atom is -0.462 e. The molecule has 18 heavy (non-hydrogen) atoms. The quantitative estimate of drug-likeness (QED) is 0.704. The Morgan fingerprint density at radius 3 is 2.33 bits per heavy atom. The standard InChI is InChI=1S/C16H28O2/c1-7-14(2,3)13(17)18-12-10-16(6)9-8-11(12)15(16,4)5/h11-12H,7-10H2,1-6H3. The molecule has 0 radical (unpaired) electrons. The number of fused-ring (bicyclic) bond motifs is 2. The predicted molar refractivity (Wildman–Crippen MR) is 73.2 cm³/mol. The zero-order valence-electron chi connectivity index (χ0n) is 12.8. The third kappa shape index (κ3) is 1.80. The van der Waals surface area contributed by atoms with Gasteiger partial charge >= 0.3 is 5.97 Å². The van der Waals surface area contributed by atoms with Crippen LogP contribution in [0.4, 0.5) is 0 Å². The fraction of sp³-hybridized carbons (Fsp3) is 0.938. The molecule has 3 atom stereocenters. The van der Waals surface area contributed by atoms with Crippen molar-refractivity contribution in [3.63, 3.8) is 0 Å². The van der Waals surface area contributed by atoms with E-state index in [1.807, 2.05) is 20.8 Å². The van der Waals surface area contributed by atoms with Gasteiger partial charge in [0.25, 0.3) is 0 Å². The topological polar surface area (TPSA) is 26.3 Å². The molecule has 0 aliphatic heterocycles. The number of hydrogen-bond acceptors (Lipinski definition) is 2. The lowest BCUT2D eigenvalue weighted by Gasteiger charge is -2.33. The van der Waals surface area contributed by atoms with E-state index in [1.54, 1.807) is 0 Å². The molecule has 0 aromatic carbocycles. The highest BCUT2D eigenvalue weighted by atomic mass is 16.5. The van der Waals surface area contributed by atoms with Gasteiger partial charge in [-0.2, -0.15) is 0 Å². The smallest absolute Gasteiger partial charge is 0.311 e. The van der Waals surface area contributed by atoms with E-state index >= 15 is 0 Å². The zero-order valence-corrected chi connectivity index (χ0v) is 12.8. The van der Waals surface area contributed by atoms with Crippen LogP contribution in [0, 0.1) is 22.2 Å². The molecule has 0 spiro atoms. The largest absolute Gasteiger partial charge is 0.462 e. The van der Waals surface area contributed by atoms with Gasteiger partial charge in [0.05, 0.1) is 5.41 Å². The van der Waals surface area contributed by atoms with Gasteiger partial charge in [0.15, 0.2) is 0 Å². The van der Waals surface area contributed by atoms with Crippen LogP contribution in [0.5, 0.6) is 0 Å². The summed E-state index contributed by atoms with van der Waals surface area (Å²) in [6.07, 6.45) is 4.54. The van der Waals surface area contributed by atoms with Gasteiger partial charge in [-0.1, -0.05) is 27.7 Å². The van der Waals surface area contributed by atoms with Crippen LogP contribution in [0.2, 0.25) is 0 Å². The SMILES string of the molecule is CCC(C)(C)C(=O)OC1CC2(C)CCC1C2(C)C. The summed E-state index contributed by atoms with van der Waals surface area (Å²) in [5.41, 5.74) is 0.333. The first-order valence-electron chi connectivity index (χ1n) is 7.35. The van der Waals surface area contributed by atoms with Gasteiger partial charge in [0, 0.05) is 5.92 Å². The monoisotopic (exact) mass is 252 g/mol. The summed E-state index contributed by atoms with van der Waals surface area (Å²) in [4.78, 5) is 12.2. The normalized spacial score (nSPS) is 37.9. The lowest BCUT2D eigenvalue weighted by atomic mass is 9.71. The molecule has 0 heterocycles. The van der Waals surface area contributed by atoms with Crippen LogP contribution >= 0.6 is 0 Å². The molecule has 104 valence electrons. The van der Waals surface area contributed by atoms with E-state index in [1.165, 1.54) is 12.8 Å². The molecule has 2 bridgehead atoms. The van der Waals surface area contributed by atoms with Crippen LogP contribution < -0.4 is 0 Å². The highest BCUT2D eigenvalue weighted by Crippen LogP contribution is 2.66. The fourth-order valence-electron chi connectivity index (χ4n) is 3.77. The second kappa shape index (κ2) is 3.98. The van der Waals surface area contributed by atoms with Gasteiger partial charge in [-0.3, -0.25) is 4.79 Å². The molecule has 2 aliphatic carbocycles. The van der Waals surface area contributed by atoms with Crippen molar-refractivity contribution in [1.29, 1.82) is 0 Å². The Kier molecular flexibility index (Phi) is 3.07. The van der Waals surface area contributed by atoms with Crippen molar-refractivity contribution in [1.82, 2.24) is 0 Å². The van der Waals surface area contributed by atoms with Crippen LogP contribution in [0.15, 0.2) is 0 Å². The number of carbonyl (C=O) groups excluding carboxylic acids is 1. The van der Waals surface area contributed by atoms with Gasteiger partial charge < -0.3 is 4.74 Å². The average molecular weight is 252 g/mol. The zero-order chi connectivity index (χ0) is 13.8. The maximum absolute atomic E-state index is 12.2. The molecule has 0 aromatic rings. The Hall–Kier alpha value is -0.530. The van der Waals surface area contributed by atoms with Crippen molar-refractivity contribution >= 4 is 5.97 Å². The highest BCUT2D eigenvalue weighted by Gasteiger charge is 2.62. The van der Waals surface area contributed by atoms with Crippen molar-refractivity contribution < 1.29 is 9.53 Å². The highest BCUT2D eigenvalue weighted by molar-refractivity contribution is 5.76. The lowest BCUT2D eigenvalue weighted by Crippen LogP contribution is -2.33. The first kappa shape index (κ1) is 13.9. The summed E-state index contributed by atoms with van der Waals surface area (Å²) in [7, 11) is 0. The van der Waals surface area contributed by atoms with Crippen LogP contribution in [0.3, 0.4) is 0 Å². The maximum atomic E-state index is 12.2. The van der Waals surface area contributed by atoms with Crippen LogP contribution in [-0.2, 0) is 9.53 Å². The number of hydrogen-bond donors (Lipinski definition) is 0. The van der Waals surface area contributed by atoms with Crippen LogP contribution in [0.1, 0.15) is 67.2 Å². The Balaban J connectivity index is 2.09. The summed E-state index contributed by atoms with van der Waals surface area (Å²) in [5, 5.41) is 0. The number of rotatable bonds is 3. The number of carbonyl (C=O) groups is 1. The Labute approximate surface area is 111 Å². The Bertz CT molecular complexity index is 353. The summed E-state index contributed by atoms with van der Waals surface area (Å²) in [6.45, 7) is 13.1. The fourth-order valence-corrected chi connectivity index (χ4v) is 3.77. The van der Waals surface area contributed by atoms with Gasteiger partial charge in [0.1, 0.15) is 6.10 Å². The molecular weight excluding hydrogens is 224 g/mol. The molecule has 2 saturated carbocycles. The van der Waals surface area contributed by atoms with E-state index in [0.717, 1.165) is 12.8 Å². The molecule has 0 N–H and O–H groups in total. The summed E-state index contributed by atoms with van der Waals surface area (Å²) < 4.78 is 5.86. The number of ether oxygens (including phenoxy) is 1. The second-order valence-corrected chi connectivity index (χ2v) is 7.81. The minimum atomic E-state index is -0.340. The molecule has 0 aromatic heterocycles. The molecule has 0 saturated heterocycles. The molecular formula is C16H28O2. The second-order valence-electron chi connectivity index (χ2n) is 7.81. The van der Waals surface area contributed by atoms with Crippen molar-refractivity contribution in [2.24, 2.45) is 22.2 Å².